The van der Waals surface area contributed by atoms with Crippen LogP contribution in [0.2, 0.25) is 5.02 Å². The average molecular weight is 451 g/mol. The number of pyridine rings is 1. The third-order valence-electron chi connectivity index (χ3n) is 5.76. The van der Waals surface area contributed by atoms with Crippen molar-refractivity contribution in [3.8, 4) is 0 Å². The van der Waals surface area contributed by atoms with E-state index in [-0.39, 0.29) is 23.0 Å². The van der Waals surface area contributed by atoms with Gasteiger partial charge in [-0.25, -0.2) is 4.98 Å². The van der Waals surface area contributed by atoms with Crippen molar-refractivity contribution >= 4 is 28.8 Å². The van der Waals surface area contributed by atoms with Gasteiger partial charge in [0.05, 0.1) is 22.7 Å². The number of alkyl halides is 3. The van der Waals surface area contributed by atoms with E-state index in [9.17, 15) is 18.0 Å². The molecule has 1 aliphatic heterocycles. The number of nitrogens with zero attached hydrogens (tertiary/aromatic N) is 4. The molecule has 164 valence electrons. The Morgan fingerprint density at radius 3 is 2.52 bits per heavy atom. The first-order chi connectivity index (χ1) is 14.6. The van der Waals surface area contributed by atoms with Crippen LogP contribution in [-0.2, 0) is 17.4 Å². The van der Waals surface area contributed by atoms with Gasteiger partial charge in [0.1, 0.15) is 0 Å². The summed E-state index contributed by atoms with van der Waals surface area (Å²) in [6, 6.07) is 7.06. The number of halogens is 4. The Balaban J connectivity index is 1.44. The molecule has 0 radical (unpaired) electrons. The molecule has 0 N–H and O–H groups in total. The van der Waals surface area contributed by atoms with E-state index in [0.717, 1.165) is 25.4 Å². The van der Waals surface area contributed by atoms with E-state index >= 15 is 0 Å². The summed E-state index contributed by atoms with van der Waals surface area (Å²) in [5, 5.41) is -0.101. The molecule has 0 bridgehead atoms. The van der Waals surface area contributed by atoms with E-state index in [4.69, 9.17) is 11.6 Å². The van der Waals surface area contributed by atoms with E-state index < -0.39 is 11.7 Å². The highest BCUT2D eigenvalue weighted by Crippen LogP contribution is 2.32. The van der Waals surface area contributed by atoms with Crippen LogP contribution in [0, 0.1) is 13.8 Å². The number of amides is 1. The molecule has 5 nitrogen and oxygen atoms in total. The number of hydrogen-bond donors (Lipinski definition) is 0. The van der Waals surface area contributed by atoms with Crippen molar-refractivity contribution in [2.75, 3.05) is 31.1 Å². The molecule has 31 heavy (non-hydrogen) atoms. The zero-order valence-electron chi connectivity index (χ0n) is 17.2. The normalized spacial score (nSPS) is 15.0. The number of anilines is 1. The second-order valence-electron chi connectivity index (χ2n) is 7.80. The Bertz CT molecular complexity index is 1130. The number of rotatable bonds is 3. The van der Waals surface area contributed by atoms with E-state index in [1.807, 2.05) is 6.07 Å². The van der Waals surface area contributed by atoms with Gasteiger partial charge in [-0.2, -0.15) is 13.2 Å². The van der Waals surface area contributed by atoms with Gasteiger partial charge in [0.25, 0.3) is 0 Å². The van der Waals surface area contributed by atoms with Crippen molar-refractivity contribution in [3.05, 3.63) is 64.1 Å². The zero-order chi connectivity index (χ0) is 22.3. The highest BCUT2D eigenvalue weighted by Gasteiger charge is 2.32. The molecule has 9 heteroatoms. The Labute approximate surface area is 183 Å². The smallest absolute Gasteiger partial charge is 0.368 e. The van der Waals surface area contributed by atoms with Crippen LogP contribution in [0.3, 0.4) is 0 Å². The van der Waals surface area contributed by atoms with Crippen molar-refractivity contribution in [2.45, 2.75) is 26.4 Å². The second kappa shape index (κ2) is 8.07. The lowest BCUT2D eigenvalue weighted by molar-refractivity contribution is -0.138. The minimum absolute atomic E-state index is 0.0167. The lowest BCUT2D eigenvalue weighted by Gasteiger charge is -2.37. The van der Waals surface area contributed by atoms with Gasteiger partial charge in [0.2, 0.25) is 5.91 Å². The quantitative estimate of drug-likeness (QED) is 0.589. The largest absolute Gasteiger partial charge is 0.417 e. The fraction of sp³-hybridized carbons (Fsp3) is 0.364. The molecule has 1 fully saturated rings. The van der Waals surface area contributed by atoms with Crippen molar-refractivity contribution in [1.29, 1.82) is 0 Å². The zero-order valence-corrected chi connectivity index (χ0v) is 18.0. The Hall–Kier alpha value is -2.74. The topological polar surface area (TPSA) is 40.9 Å². The molecular formula is C22H22ClF3N4O. The Morgan fingerprint density at radius 1 is 1.13 bits per heavy atom. The maximum Gasteiger partial charge on any atom is 0.417 e. The lowest BCUT2D eigenvalue weighted by atomic mass is 10.1. The van der Waals surface area contributed by atoms with Gasteiger partial charge in [-0.05, 0) is 37.1 Å². The fourth-order valence-corrected chi connectivity index (χ4v) is 4.15. The number of benzene rings is 1. The molecule has 1 aromatic carbocycles. The monoisotopic (exact) mass is 450 g/mol. The summed E-state index contributed by atoms with van der Waals surface area (Å²) in [5.41, 5.74) is 3.39. The predicted octanol–water partition coefficient (Wildman–Crippen LogP) is 4.51. The van der Waals surface area contributed by atoms with Crippen LogP contribution in [-0.4, -0.2) is 46.4 Å². The molecule has 0 spiro atoms. The minimum atomic E-state index is -4.51. The molecule has 4 rings (SSSR count). The number of piperazine rings is 1. The first-order valence-corrected chi connectivity index (χ1v) is 10.3. The van der Waals surface area contributed by atoms with Crippen LogP contribution < -0.4 is 4.90 Å². The summed E-state index contributed by atoms with van der Waals surface area (Å²) in [7, 11) is 0. The third-order valence-corrected chi connectivity index (χ3v) is 6.04. The van der Waals surface area contributed by atoms with E-state index in [2.05, 4.69) is 35.9 Å². The number of carbonyl (C=O) groups is 1. The summed E-state index contributed by atoms with van der Waals surface area (Å²) >= 11 is 5.98. The Kier molecular flexibility index (Phi) is 5.60. The van der Waals surface area contributed by atoms with Crippen molar-refractivity contribution in [3.63, 3.8) is 0 Å². The van der Waals surface area contributed by atoms with Crippen LogP contribution in [0.5, 0.6) is 0 Å². The van der Waals surface area contributed by atoms with Gasteiger partial charge >= 0.3 is 6.18 Å². The first-order valence-electron chi connectivity index (χ1n) is 9.97. The maximum atomic E-state index is 13.0. The number of imidazole rings is 1. The molecule has 1 saturated heterocycles. The average Bonchev–Trinajstić information content (AvgIpc) is 3.12. The van der Waals surface area contributed by atoms with Gasteiger partial charge in [0, 0.05) is 44.3 Å². The van der Waals surface area contributed by atoms with Crippen LogP contribution in [0.1, 0.15) is 22.4 Å². The van der Waals surface area contributed by atoms with Crippen LogP contribution in [0.4, 0.5) is 18.9 Å². The van der Waals surface area contributed by atoms with Gasteiger partial charge in [-0.3, -0.25) is 4.79 Å². The van der Waals surface area contributed by atoms with Crippen molar-refractivity contribution in [1.82, 2.24) is 14.3 Å². The molecule has 2 aromatic heterocycles. The number of hydrogen-bond acceptors (Lipinski definition) is 3. The molecule has 0 aliphatic carbocycles. The van der Waals surface area contributed by atoms with Gasteiger partial charge in [0.15, 0.2) is 5.65 Å². The minimum Gasteiger partial charge on any atom is -0.368 e. The fourth-order valence-electron chi connectivity index (χ4n) is 3.89. The van der Waals surface area contributed by atoms with Gasteiger partial charge in [-0.15, -0.1) is 0 Å². The number of carbonyl (C=O) groups excluding carboxylic acids is 1. The summed E-state index contributed by atoms with van der Waals surface area (Å²) < 4.78 is 40.2. The predicted molar refractivity (Wildman–Crippen MR) is 114 cm³/mol. The Morgan fingerprint density at radius 2 is 1.84 bits per heavy atom. The standard InChI is InChI=1S/C22H22ClF3N4O/c1-14-4-3-5-19(15(14)2)28-6-8-29(9-7-28)20(31)11-17-13-30-12-16(22(24,25)26)10-18(23)21(30)27-17/h3-5,10,12-13H,6-9,11H2,1-2H3. The maximum absolute atomic E-state index is 13.0. The lowest BCUT2D eigenvalue weighted by Crippen LogP contribution is -2.49. The third kappa shape index (κ3) is 4.35. The first kappa shape index (κ1) is 21.5. The van der Waals surface area contributed by atoms with E-state index in [1.165, 1.54) is 27.4 Å². The van der Waals surface area contributed by atoms with E-state index in [1.54, 1.807) is 4.90 Å². The van der Waals surface area contributed by atoms with E-state index in [0.29, 0.717) is 18.8 Å². The molecule has 0 unspecified atom stereocenters. The SMILES string of the molecule is Cc1cccc(N2CCN(C(=O)Cc3cn4cc(C(F)(F)F)cc(Cl)c4n3)CC2)c1C. The van der Waals surface area contributed by atoms with Crippen molar-refractivity contribution in [2.24, 2.45) is 0 Å². The molecular weight excluding hydrogens is 429 g/mol. The number of aromatic nitrogens is 2. The molecule has 3 heterocycles. The molecule has 0 atom stereocenters. The summed E-state index contributed by atoms with van der Waals surface area (Å²) in [4.78, 5) is 21.1. The second-order valence-corrected chi connectivity index (χ2v) is 8.21. The highest BCUT2D eigenvalue weighted by atomic mass is 35.5. The molecule has 1 amide bonds. The van der Waals surface area contributed by atoms with Crippen LogP contribution in [0.25, 0.3) is 5.65 Å². The van der Waals surface area contributed by atoms with Gasteiger partial charge in [-0.1, -0.05) is 23.7 Å². The molecule has 1 aliphatic rings. The molecule has 0 saturated carbocycles. The van der Waals surface area contributed by atoms with Gasteiger partial charge < -0.3 is 14.2 Å². The van der Waals surface area contributed by atoms with Crippen LogP contribution >= 0.6 is 11.6 Å². The molecule has 3 aromatic rings. The van der Waals surface area contributed by atoms with Crippen molar-refractivity contribution < 1.29 is 18.0 Å². The highest BCUT2D eigenvalue weighted by molar-refractivity contribution is 6.33. The summed E-state index contributed by atoms with van der Waals surface area (Å²) in [5.74, 6) is -0.101. The number of fused-ring (bicyclic) bond motifs is 1. The summed E-state index contributed by atoms with van der Waals surface area (Å²) in [6.45, 7) is 6.79. The van der Waals surface area contributed by atoms with Crippen LogP contribution in [0.15, 0.2) is 36.7 Å². The number of aryl methyl sites for hydroxylation is 1. The summed E-state index contributed by atoms with van der Waals surface area (Å²) in [6.07, 6.45) is -2.12.